The summed E-state index contributed by atoms with van der Waals surface area (Å²) in [5, 5.41) is 0. The molecule has 0 amide bonds. The third kappa shape index (κ3) is 5.50. The van der Waals surface area contributed by atoms with Gasteiger partial charge in [-0.2, -0.15) is 0 Å². The zero-order chi connectivity index (χ0) is 23.3. The van der Waals surface area contributed by atoms with Crippen molar-refractivity contribution < 1.29 is 8.78 Å². The molecule has 32 heavy (non-hydrogen) atoms. The van der Waals surface area contributed by atoms with Crippen molar-refractivity contribution in [2.45, 2.75) is 53.5 Å². The van der Waals surface area contributed by atoms with Gasteiger partial charge in [-0.25, -0.2) is 18.7 Å². The minimum atomic E-state index is -0.446. The standard InChI is InChI=1S/C25H33F2N5/c1-5-19(29-15-18-8-6-7-9-20(18)26)14-22(28)23-30-16-21(27)24(31-23)32-12-10-25(4,11-13-32)17(2)3/h6-9,14,16-17H,5,10-13,15,28H2,1-4H3. The lowest BCUT2D eigenvalue weighted by molar-refractivity contribution is 0.165. The SMILES string of the molecule is CCC(C=C(N)c1ncc(F)c(N2CCC(C)(C(C)C)CC2)n1)=NCc1ccccc1F. The molecule has 1 fully saturated rings. The maximum Gasteiger partial charge on any atom is 0.183 e. The second-order valence-corrected chi connectivity index (χ2v) is 9.01. The molecule has 2 N–H and O–H groups in total. The third-order valence-corrected chi connectivity index (χ3v) is 6.68. The molecule has 0 atom stereocenters. The number of aliphatic imine (C=N–C) groups is 1. The predicted octanol–water partition coefficient (Wildman–Crippen LogP) is 5.37. The Bertz CT molecular complexity index is 992. The fraction of sp³-hybridized carbons (Fsp3) is 0.480. The number of hydrogen-bond donors (Lipinski definition) is 1. The van der Waals surface area contributed by atoms with Crippen LogP contribution in [-0.2, 0) is 6.54 Å². The molecular weight excluding hydrogens is 408 g/mol. The largest absolute Gasteiger partial charge is 0.396 e. The van der Waals surface area contributed by atoms with Crippen LogP contribution in [0.4, 0.5) is 14.6 Å². The molecule has 0 spiro atoms. The molecule has 1 saturated heterocycles. The van der Waals surface area contributed by atoms with Gasteiger partial charge in [-0.15, -0.1) is 0 Å². The number of hydrogen-bond acceptors (Lipinski definition) is 5. The lowest BCUT2D eigenvalue weighted by Crippen LogP contribution is -2.42. The number of halogens is 2. The summed E-state index contributed by atoms with van der Waals surface area (Å²) in [4.78, 5) is 15.0. The first-order valence-electron chi connectivity index (χ1n) is 11.2. The minimum absolute atomic E-state index is 0.220. The highest BCUT2D eigenvalue weighted by molar-refractivity contribution is 5.99. The van der Waals surface area contributed by atoms with Crippen LogP contribution in [-0.4, -0.2) is 28.8 Å². The normalized spacial score (nSPS) is 17.2. The summed E-state index contributed by atoms with van der Waals surface area (Å²) in [6.45, 7) is 10.4. The number of nitrogens with zero attached hydrogens (tertiary/aromatic N) is 4. The van der Waals surface area contributed by atoms with E-state index >= 15 is 0 Å². The van der Waals surface area contributed by atoms with Crippen molar-refractivity contribution in [1.29, 1.82) is 0 Å². The Labute approximate surface area is 189 Å². The van der Waals surface area contributed by atoms with Gasteiger partial charge in [0.05, 0.1) is 18.4 Å². The van der Waals surface area contributed by atoms with E-state index in [1.807, 2.05) is 11.8 Å². The second kappa shape index (κ2) is 10.2. The smallest absolute Gasteiger partial charge is 0.183 e. The number of nitrogens with two attached hydrogens (primary N) is 1. The second-order valence-electron chi connectivity index (χ2n) is 9.01. The molecule has 0 saturated carbocycles. The van der Waals surface area contributed by atoms with E-state index in [1.165, 1.54) is 12.3 Å². The van der Waals surface area contributed by atoms with Crippen molar-refractivity contribution in [3.05, 3.63) is 59.6 Å². The molecule has 5 nitrogen and oxygen atoms in total. The number of piperidine rings is 1. The van der Waals surface area contributed by atoms with Crippen LogP contribution in [0.15, 0.2) is 41.5 Å². The first-order valence-corrected chi connectivity index (χ1v) is 11.2. The Morgan fingerprint density at radius 3 is 2.53 bits per heavy atom. The fourth-order valence-electron chi connectivity index (χ4n) is 3.84. The van der Waals surface area contributed by atoms with Crippen LogP contribution >= 0.6 is 0 Å². The van der Waals surface area contributed by atoms with Crippen molar-refractivity contribution >= 4 is 17.2 Å². The third-order valence-electron chi connectivity index (χ3n) is 6.68. The van der Waals surface area contributed by atoms with Gasteiger partial charge in [0.15, 0.2) is 17.5 Å². The van der Waals surface area contributed by atoms with Crippen molar-refractivity contribution in [2.75, 3.05) is 18.0 Å². The Kier molecular flexibility index (Phi) is 7.59. The van der Waals surface area contributed by atoms with E-state index in [0.717, 1.165) is 25.9 Å². The van der Waals surface area contributed by atoms with Crippen molar-refractivity contribution in [3.63, 3.8) is 0 Å². The van der Waals surface area contributed by atoms with Gasteiger partial charge in [-0.3, -0.25) is 4.99 Å². The van der Waals surface area contributed by atoms with E-state index in [2.05, 4.69) is 35.7 Å². The van der Waals surface area contributed by atoms with Crippen molar-refractivity contribution in [3.8, 4) is 0 Å². The zero-order valence-electron chi connectivity index (χ0n) is 19.4. The molecule has 2 aromatic rings. The highest BCUT2D eigenvalue weighted by Crippen LogP contribution is 2.39. The van der Waals surface area contributed by atoms with Crippen LogP contribution in [0.25, 0.3) is 5.70 Å². The summed E-state index contributed by atoms with van der Waals surface area (Å²) in [6, 6.07) is 6.55. The van der Waals surface area contributed by atoms with Crippen LogP contribution in [0, 0.1) is 23.0 Å². The number of aromatic nitrogens is 2. The van der Waals surface area contributed by atoms with E-state index in [1.54, 1.807) is 24.3 Å². The van der Waals surface area contributed by atoms with Gasteiger partial charge in [0, 0.05) is 24.4 Å². The molecular formula is C25H33F2N5. The maximum atomic E-state index is 14.6. The summed E-state index contributed by atoms with van der Waals surface area (Å²) in [5.41, 5.74) is 8.03. The zero-order valence-corrected chi connectivity index (χ0v) is 19.4. The van der Waals surface area contributed by atoms with Gasteiger partial charge in [-0.05, 0) is 42.7 Å². The summed E-state index contributed by atoms with van der Waals surface area (Å²) >= 11 is 0. The molecule has 1 aliphatic rings. The fourth-order valence-corrected chi connectivity index (χ4v) is 3.84. The molecule has 1 aliphatic heterocycles. The average Bonchev–Trinajstić information content (AvgIpc) is 2.78. The average molecular weight is 442 g/mol. The quantitative estimate of drug-likeness (QED) is 0.587. The van der Waals surface area contributed by atoms with E-state index in [-0.39, 0.29) is 23.6 Å². The van der Waals surface area contributed by atoms with Crippen molar-refractivity contribution in [1.82, 2.24) is 9.97 Å². The van der Waals surface area contributed by atoms with Crippen LogP contribution in [0.1, 0.15) is 58.3 Å². The lowest BCUT2D eigenvalue weighted by atomic mass is 9.72. The number of anilines is 1. The lowest BCUT2D eigenvalue weighted by Gasteiger charge is -2.42. The molecule has 1 aromatic heterocycles. The van der Waals surface area contributed by atoms with E-state index in [9.17, 15) is 8.78 Å². The summed E-state index contributed by atoms with van der Waals surface area (Å²) in [6.07, 6.45) is 5.44. The molecule has 172 valence electrons. The molecule has 7 heteroatoms. The van der Waals surface area contributed by atoms with E-state index in [0.29, 0.717) is 35.1 Å². The van der Waals surface area contributed by atoms with Crippen LogP contribution < -0.4 is 10.6 Å². The Morgan fingerprint density at radius 1 is 1.22 bits per heavy atom. The van der Waals surface area contributed by atoms with Gasteiger partial charge < -0.3 is 10.6 Å². The van der Waals surface area contributed by atoms with Gasteiger partial charge >= 0.3 is 0 Å². The predicted molar refractivity (Wildman–Crippen MR) is 126 cm³/mol. The molecule has 0 unspecified atom stereocenters. The summed E-state index contributed by atoms with van der Waals surface area (Å²) in [5.74, 6) is 0.401. The van der Waals surface area contributed by atoms with Crippen molar-refractivity contribution in [2.24, 2.45) is 22.1 Å². The van der Waals surface area contributed by atoms with Crippen LogP contribution in [0.5, 0.6) is 0 Å². The Balaban J connectivity index is 1.78. The van der Waals surface area contributed by atoms with Gasteiger partial charge in [-0.1, -0.05) is 45.9 Å². The van der Waals surface area contributed by atoms with Gasteiger partial charge in [0.1, 0.15) is 5.82 Å². The van der Waals surface area contributed by atoms with Gasteiger partial charge in [0.2, 0.25) is 0 Å². The molecule has 3 rings (SSSR count). The molecule has 0 radical (unpaired) electrons. The Hall–Kier alpha value is -2.83. The molecule has 0 bridgehead atoms. The maximum absolute atomic E-state index is 14.6. The van der Waals surface area contributed by atoms with Crippen LogP contribution in [0.2, 0.25) is 0 Å². The first kappa shape index (κ1) is 23.8. The minimum Gasteiger partial charge on any atom is -0.396 e. The monoisotopic (exact) mass is 441 g/mol. The molecule has 0 aliphatic carbocycles. The highest BCUT2D eigenvalue weighted by atomic mass is 19.1. The van der Waals surface area contributed by atoms with Crippen LogP contribution in [0.3, 0.4) is 0 Å². The highest BCUT2D eigenvalue weighted by Gasteiger charge is 2.34. The topological polar surface area (TPSA) is 67.4 Å². The number of allylic oxidation sites excluding steroid dienone is 1. The summed E-state index contributed by atoms with van der Waals surface area (Å²) < 4.78 is 28.4. The molecule has 1 aromatic carbocycles. The number of rotatable bonds is 7. The molecule has 2 heterocycles. The summed E-state index contributed by atoms with van der Waals surface area (Å²) in [7, 11) is 0. The first-order chi connectivity index (χ1) is 15.2. The van der Waals surface area contributed by atoms with Gasteiger partial charge in [0.25, 0.3) is 0 Å². The van der Waals surface area contributed by atoms with E-state index < -0.39 is 5.82 Å². The van der Waals surface area contributed by atoms with E-state index in [4.69, 9.17) is 5.73 Å². The number of benzene rings is 1. The Morgan fingerprint density at radius 2 is 1.91 bits per heavy atom.